The first-order valence-corrected chi connectivity index (χ1v) is 17.0. The van der Waals surface area contributed by atoms with Crippen LogP contribution in [0.25, 0.3) is 9.75 Å². The van der Waals surface area contributed by atoms with Crippen LogP contribution in [0.4, 0.5) is 0 Å². The van der Waals surface area contributed by atoms with Gasteiger partial charge in [0.1, 0.15) is 0 Å². The molecule has 15 heavy (non-hydrogen) atoms. The molecule has 78 valence electrons. The zero-order valence-electron chi connectivity index (χ0n) is 9.26. The van der Waals surface area contributed by atoms with Crippen molar-refractivity contribution in [2.75, 3.05) is 0 Å². The van der Waals surface area contributed by atoms with Gasteiger partial charge in [-0.3, -0.25) is 0 Å². The van der Waals surface area contributed by atoms with Gasteiger partial charge in [0.15, 0.2) is 0 Å². The fourth-order valence-corrected chi connectivity index (χ4v) is 11.7. The Morgan fingerprint density at radius 2 is 1.93 bits per heavy atom. The van der Waals surface area contributed by atoms with Gasteiger partial charge >= 0.3 is 104 Å². The summed E-state index contributed by atoms with van der Waals surface area (Å²) in [5.74, 6) is 0. The Balaban J connectivity index is 2.19. The van der Waals surface area contributed by atoms with Crippen molar-refractivity contribution in [1.82, 2.24) is 0 Å². The fraction of sp³-hybridized carbons (Fsp3) is 0.333. The van der Waals surface area contributed by atoms with E-state index in [0.717, 1.165) is 0 Å². The maximum atomic E-state index is 2.52. The Morgan fingerprint density at radius 1 is 1.13 bits per heavy atom. The van der Waals surface area contributed by atoms with Crippen LogP contribution in [0, 0.1) is 0 Å². The van der Waals surface area contributed by atoms with E-state index >= 15 is 0 Å². The van der Waals surface area contributed by atoms with Gasteiger partial charge in [0.25, 0.3) is 0 Å². The van der Waals surface area contributed by atoms with E-state index < -0.39 is 18.4 Å². The molecule has 1 aliphatic rings. The molecular weight excluding hydrogens is 327 g/mol. The van der Waals surface area contributed by atoms with Crippen molar-refractivity contribution >= 4 is 44.6 Å². The molecule has 0 atom stereocenters. The Hall–Kier alpha value is 0.199. The van der Waals surface area contributed by atoms with Crippen LogP contribution in [0.3, 0.4) is 0 Å². The third-order valence-electron chi connectivity index (χ3n) is 3.02. The zero-order chi connectivity index (χ0) is 10.6. The monoisotopic (exact) mass is 342 g/mol. The molecule has 2 heterocycles. The minimum absolute atomic E-state index is 1.21. The van der Waals surface area contributed by atoms with Crippen molar-refractivity contribution in [3.05, 3.63) is 28.0 Å². The van der Waals surface area contributed by atoms with E-state index in [-0.39, 0.29) is 0 Å². The molecule has 2 aromatic rings. The Kier molecular flexibility index (Phi) is 2.31. The Morgan fingerprint density at radius 3 is 2.67 bits per heavy atom. The van der Waals surface area contributed by atoms with E-state index in [1.54, 1.807) is 24.5 Å². The van der Waals surface area contributed by atoms with Crippen LogP contribution in [0.1, 0.15) is 11.1 Å². The van der Waals surface area contributed by atoms with Crippen LogP contribution >= 0.6 is 22.7 Å². The number of fused-ring (bicyclic) bond motifs is 3. The molecule has 0 N–H and O–H groups in total. The van der Waals surface area contributed by atoms with E-state index in [9.17, 15) is 0 Å². The molecule has 2 aromatic heterocycles. The first kappa shape index (κ1) is 10.4. The summed E-state index contributed by atoms with van der Waals surface area (Å²) in [6.07, 6.45) is 1.21. The van der Waals surface area contributed by atoms with Gasteiger partial charge in [-0.25, -0.2) is 0 Å². The number of rotatable bonds is 1. The number of hydrogen-bond donors (Lipinski definition) is 0. The van der Waals surface area contributed by atoms with Gasteiger partial charge in [-0.1, -0.05) is 0 Å². The van der Waals surface area contributed by atoms with Crippen LogP contribution < -0.4 is 3.58 Å². The number of thiophene rings is 2. The molecule has 3 rings (SSSR count). The standard InChI is InChI=1S/C9H5S2.3CH3.Sn/c1-3-10-8-6(1)5-7-2-4-11-9(7)8;;;;/h1,3-4H,5H2;3*1H3;. The van der Waals surface area contributed by atoms with Crippen LogP contribution in [0.5, 0.6) is 0 Å². The second-order valence-electron chi connectivity index (χ2n) is 5.16. The fourth-order valence-electron chi connectivity index (χ4n) is 2.24. The molecule has 0 bridgehead atoms. The molecule has 0 nitrogen and oxygen atoms in total. The third-order valence-corrected chi connectivity index (χ3v) is 11.6. The van der Waals surface area contributed by atoms with Crippen molar-refractivity contribution in [1.29, 1.82) is 0 Å². The molecule has 3 heteroatoms. The average Bonchev–Trinajstić information content (AvgIpc) is 2.68. The zero-order valence-corrected chi connectivity index (χ0v) is 13.7. The predicted molar refractivity (Wildman–Crippen MR) is 73.4 cm³/mol. The minimum atomic E-state index is -1.87. The predicted octanol–water partition coefficient (Wildman–Crippen LogP) is 3.93. The van der Waals surface area contributed by atoms with E-state index in [1.807, 2.05) is 22.7 Å². The van der Waals surface area contributed by atoms with Crippen LogP contribution in [0.2, 0.25) is 14.8 Å². The van der Waals surface area contributed by atoms with E-state index in [1.165, 1.54) is 6.42 Å². The van der Waals surface area contributed by atoms with Gasteiger partial charge in [-0.2, -0.15) is 0 Å². The molecule has 0 radical (unpaired) electrons. The summed E-state index contributed by atoms with van der Waals surface area (Å²) in [5, 5.41) is 4.68. The molecule has 0 fully saturated rings. The van der Waals surface area contributed by atoms with Crippen molar-refractivity contribution in [2.24, 2.45) is 0 Å². The topological polar surface area (TPSA) is 0 Å². The molecular formula is C12H14S2Sn. The summed E-state index contributed by atoms with van der Waals surface area (Å²) in [6.45, 7) is 0. The van der Waals surface area contributed by atoms with E-state index in [0.29, 0.717) is 0 Å². The van der Waals surface area contributed by atoms with Crippen LogP contribution in [0.15, 0.2) is 16.8 Å². The van der Waals surface area contributed by atoms with Crippen molar-refractivity contribution in [3.63, 3.8) is 0 Å². The van der Waals surface area contributed by atoms with Crippen molar-refractivity contribution < 1.29 is 0 Å². The summed E-state index contributed by atoms with van der Waals surface area (Å²) in [5.41, 5.74) is 3.25. The molecule has 0 saturated heterocycles. The molecule has 1 aliphatic carbocycles. The molecule has 0 aromatic carbocycles. The molecule has 0 aliphatic heterocycles. The maximum absolute atomic E-state index is 2.52. The van der Waals surface area contributed by atoms with Crippen LogP contribution in [-0.4, -0.2) is 18.4 Å². The van der Waals surface area contributed by atoms with Gasteiger partial charge in [-0.15, -0.1) is 0 Å². The Labute approximate surface area is 103 Å². The van der Waals surface area contributed by atoms with Crippen molar-refractivity contribution in [3.8, 4) is 9.75 Å². The van der Waals surface area contributed by atoms with Gasteiger partial charge in [0.2, 0.25) is 0 Å². The molecule has 0 spiro atoms. The summed E-state index contributed by atoms with van der Waals surface area (Å²) in [6, 6.07) is 2.30. The summed E-state index contributed by atoms with van der Waals surface area (Å²) in [4.78, 5) is 10.7. The van der Waals surface area contributed by atoms with E-state index in [2.05, 4.69) is 31.6 Å². The Bertz CT molecular complexity index is 514. The second-order valence-corrected chi connectivity index (χ2v) is 21.3. The second kappa shape index (κ2) is 3.34. The average molecular weight is 341 g/mol. The summed E-state index contributed by atoms with van der Waals surface area (Å²) >= 11 is 2.02. The quantitative estimate of drug-likeness (QED) is 0.589. The molecule has 0 amide bonds. The molecule has 0 saturated carbocycles. The third kappa shape index (κ3) is 1.53. The van der Waals surface area contributed by atoms with Gasteiger partial charge < -0.3 is 0 Å². The van der Waals surface area contributed by atoms with Gasteiger partial charge in [0, 0.05) is 0 Å². The van der Waals surface area contributed by atoms with Crippen molar-refractivity contribution in [2.45, 2.75) is 21.2 Å². The van der Waals surface area contributed by atoms with E-state index in [4.69, 9.17) is 0 Å². The molecule has 0 unspecified atom stereocenters. The van der Waals surface area contributed by atoms with Crippen LogP contribution in [-0.2, 0) is 6.42 Å². The number of hydrogen-bond acceptors (Lipinski definition) is 2. The van der Waals surface area contributed by atoms with Gasteiger partial charge in [0.05, 0.1) is 0 Å². The first-order chi connectivity index (χ1) is 7.07. The first-order valence-electron chi connectivity index (χ1n) is 5.25. The SMILES string of the molecule is [CH3][Sn]([CH3])([CH3])[c]1csc2c1Cc1ccsc1-2. The summed E-state index contributed by atoms with van der Waals surface area (Å²) in [7, 11) is 0. The summed E-state index contributed by atoms with van der Waals surface area (Å²) < 4.78 is 1.76. The van der Waals surface area contributed by atoms with Gasteiger partial charge in [-0.05, 0) is 0 Å². The normalized spacial score (nSPS) is 14.1.